The molecule has 34 heavy (non-hydrogen) atoms. The first-order valence-corrected chi connectivity index (χ1v) is 10.6. The number of amides is 1. The molecule has 0 aliphatic carbocycles. The van der Waals surface area contributed by atoms with Gasteiger partial charge in [0, 0.05) is 18.7 Å². The fraction of sp³-hybridized carbons (Fsp3) is 0.360. The Kier molecular flexibility index (Phi) is 7.68. The van der Waals surface area contributed by atoms with Gasteiger partial charge in [0.1, 0.15) is 11.5 Å². The number of ketones is 1. The van der Waals surface area contributed by atoms with Crippen molar-refractivity contribution in [1.82, 2.24) is 9.80 Å². The van der Waals surface area contributed by atoms with Crippen molar-refractivity contribution in [3.8, 4) is 23.0 Å². The highest BCUT2D eigenvalue weighted by Gasteiger charge is 2.46. The number of likely N-dealkylation sites (N-methyl/N-ethyl adjacent to an activating group) is 1. The van der Waals surface area contributed by atoms with E-state index in [0.717, 1.165) is 0 Å². The maximum absolute atomic E-state index is 13.2. The van der Waals surface area contributed by atoms with E-state index in [0.29, 0.717) is 40.7 Å². The summed E-state index contributed by atoms with van der Waals surface area (Å²) in [6.45, 7) is 0.800. The third-order valence-corrected chi connectivity index (χ3v) is 5.69. The molecule has 9 nitrogen and oxygen atoms in total. The van der Waals surface area contributed by atoms with E-state index >= 15 is 0 Å². The molecule has 182 valence electrons. The maximum Gasteiger partial charge on any atom is 0.295 e. The van der Waals surface area contributed by atoms with Crippen molar-refractivity contribution in [3.63, 3.8) is 0 Å². The van der Waals surface area contributed by atoms with Gasteiger partial charge in [0.2, 0.25) is 5.75 Å². The normalized spacial score (nSPS) is 17.3. The Morgan fingerprint density at radius 3 is 2.00 bits per heavy atom. The zero-order chi connectivity index (χ0) is 25.0. The highest BCUT2D eigenvalue weighted by molar-refractivity contribution is 6.46. The van der Waals surface area contributed by atoms with Crippen LogP contribution >= 0.6 is 0 Å². The highest BCUT2D eigenvalue weighted by atomic mass is 16.5. The Labute approximate surface area is 199 Å². The Morgan fingerprint density at radius 2 is 1.53 bits per heavy atom. The Balaban J connectivity index is 2.23. The number of likely N-dealkylation sites (tertiary alicyclic amines) is 1. The monoisotopic (exact) mass is 470 g/mol. The number of ether oxygens (including phenoxy) is 4. The largest absolute Gasteiger partial charge is 0.507 e. The molecule has 1 heterocycles. The third kappa shape index (κ3) is 4.65. The SMILES string of the molecule is COc1ccc(C(O)=C2C(=O)C(=O)N(CCN(C)C)[C@H]2c2cc(OC)c(OC)c(OC)c2)cc1. The number of methoxy groups -OCH3 is 4. The second-order valence-electron chi connectivity index (χ2n) is 7.98. The molecule has 1 aliphatic heterocycles. The van der Waals surface area contributed by atoms with Gasteiger partial charge < -0.3 is 33.9 Å². The van der Waals surface area contributed by atoms with Crippen LogP contribution in [0.4, 0.5) is 0 Å². The smallest absolute Gasteiger partial charge is 0.295 e. The summed E-state index contributed by atoms with van der Waals surface area (Å²) in [7, 11) is 9.76. The van der Waals surface area contributed by atoms with Crippen LogP contribution < -0.4 is 18.9 Å². The summed E-state index contributed by atoms with van der Waals surface area (Å²) in [5.74, 6) is 0.0193. The van der Waals surface area contributed by atoms with Crippen LogP contribution in [0.2, 0.25) is 0 Å². The molecule has 3 rings (SSSR count). The predicted octanol–water partition coefficient (Wildman–Crippen LogP) is 2.70. The number of Topliss-reactive ketones (excluding diaryl/α,β-unsaturated/α-hetero) is 1. The number of benzene rings is 2. The van der Waals surface area contributed by atoms with Crippen molar-refractivity contribution in [1.29, 1.82) is 0 Å². The number of carbonyl (C=O) groups is 2. The van der Waals surface area contributed by atoms with Crippen molar-refractivity contribution in [3.05, 3.63) is 53.1 Å². The number of hydrogen-bond acceptors (Lipinski definition) is 8. The molecule has 2 aromatic rings. The standard InChI is InChI=1S/C25H30N2O7/c1-26(2)11-12-27-21(16-13-18(32-4)24(34-6)19(14-16)33-5)20(23(29)25(27)30)22(28)15-7-9-17(31-3)10-8-15/h7-10,13-14,21,28H,11-12H2,1-6H3/t21-/m0/s1. The summed E-state index contributed by atoms with van der Waals surface area (Å²) in [5, 5.41) is 11.2. The average Bonchev–Trinajstić information content (AvgIpc) is 3.10. The quantitative estimate of drug-likeness (QED) is 0.339. The zero-order valence-corrected chi connectivity index (χ0v) is 20.2. The minimum atomic E-state index is -0.851. The summed E-state index contributed by atoms with van der Waals surface area (Å²) < 4.78 is 21.5. The minimum Gasteiger partial charge on any atom is -0.507 e. The molecule has 9 heteroatoms. The molecular formula is C25H30N2O7. The molecule has 0 unspecified atom stereocenters. The molecule has 0 spiro atoms. The molecule has 1 fully saturated rings. The fourth-order valence-electron chi connectivity index (χ4n) is 3.93. The van der Waals surface area contributed by atoms with E-state index in [1.165, 1.54) is 33.3 Å². The van der Waals surface area contributed by atoms with Gasteiger partial charge in [-0.1, -0.05) is 0 Å². The molecule has 1 amide bonds. The van der Waals surface area contributed by atoms with Crippen LogP contribution in [-0.2, 0) is 9.59 Å². The van der Waals surface area contributed by atoms with E-state index in [2.05, 4.69) is 0 Å². The molecule has 0 radical (unpaired) electrons. The Morgan fingerprint density at radius 1 is 0.941 bits per heavy atom. The van der Waals surface area contributed by atoms with Gasteiger partial charge in [-0.25, -0.2) is 0 Å². The molecule has 0 saturated carbocycles. The summed E-state index contributed by atoms with van der Waals surface area (Å²) in [6, 6.07) is 9.12. The summed E-state index contributed by atoms with van der Waals surface area (Å²) in [6.07, 6.45) is 0. The lowest BCUT2D eigenvalue weighted by Gasteiger charge is -2.27. The van der Waals surface area contributed by atoms with E-state index in [9.17, 15) is 14.7 Å². The number of aliphatic hydroxyl groups excluding tert-OH is 1. The zero-order valence-electron chi connectivity index (χ0n) is 20.2. The van der Waals surface area contributed by atoms with Gasteiger partial charge >= 0.3 is 0 Å². The van der Waals surface area contributed by atoms with Crippen LogP contribution in [0.3, 0.4) is 0 Å². The van der Waals surface area contributed by atoms with Gasteiger partial charge in [0.25, 0.3) is 11.7 Å². The molecule has 1 N–H and O–H groups in total. The van der Waals surface area contributed by atoms with E-state index < -0.39 is 17.7 Å². The molecule has 1 atom stereocenters. The van der Waals surface area contributed by atoms with Gasteiger partial charge in [0.15, 0.2) is 11.5 Å². The molecular weight excluding hydrogens is 440 g/mol. The number of rotatable bonds is 9. The molecule has 2 aromatic carbocycles. The van der Waals surface area contributed by atoms with Gasteiger partial charge in [-0.05, 0) is 56.1 Å². The second kappa shape index (κ2) is 10.5. The van der Waals surface area contributed by atoms with Crippen LogP contribution in [0.25, 0.3) is 5.76 Å². The van der Waals surface area contributed by atoms with Crippen molar-refractivity contribution in [2.75, 3.05) is 55.6 Å². The third-order valence-electron chi connectivity index (χ3n) is 5.69. The van der Waals surface area contributed by atoms with Crippen LogP contribution in [0.5, 0.6) is 23.0 Å². The molecule has 1 aliphatic rings. The van der Waals surface area contributed by atoms with Crippen LogP contribution in [0.15, 0.2) is 42.0 Å². The Hall–Kier alpha value is -3.72. The first-order chi connectivity index (χ1) is 16.3. The molecule has 0 aromatic heterocycles. The first kappa shape index (κ1) is 24.9. The summed E-state index contributed by atoms with van der Waals surface area (Å²) >= 11 is 0. The maximum atomic E-state index is 13.2. The number of aliphatic hydroxyl groups is 1. The average molecular weight is 471 g/mol. The summed E-state index contributed by atoms with van der Waals surface area (Å²) in [4.78, 5) is 29.6. The van der Waals surface area contributed by atoms with Gasteiger partial charge in [-0.15, -0.1) is 0 Å². The van der Waals surface area contributed by atoms with Crippen LogP contribution in [0.1, 0.15) is 17.2 Å². The number of carbonyl (C=O) groups excluding carboxylic acids is 2. The lowest BCUT2D eigenvalue weighted by atomic mass is 9.94. The predicted molar refractivity (Wildman–Crippen MR) is 127 cm³/mol. The topological polar surface area (TPSA) is 97.8 Å². The van der Waals surface area contributed by atoms with Crippen molar-refractivity contribution < 1.29 is 33.6 Å². The molecule has 0 bridgehead atoms. The number of nitrogens with zero attached hydrogens (tertiary/aromatic N) is 2. The van der Waals surface area contributed by atoms with E-state index in [1.807, 2.05) is 19.0 Å². The van der Waals surface area contributed by atoms with Crippen LogP contribution in [0, 0.1) is 0 Å². The highest BCUT2D eigenvalue weighted by Crippen LogP contribution is 2.45. The van der Waals surface area contributed by atoms with Gasteiger partial charge in [0.05, 0.1) is 40.1 Å². The fourth-order valence-corrected chi connectivity index (χ4v) is 3.93. The van der Waals surface area contributed by atoms with Crippen molar-refractivity contribution in [2.45, 2.75) is 6.04 Å². The van der Waals surface area contributed by atoms with Crippen molar-refractivity contribution >= 4 is 17.4 Å². The van der Waals surface area contributed by atoms with Gasteiger partial charge in [-0.3, -0.25) is 9.59 Å². The van der Waals surface area contributed by atoms with E-state index in [1.54, 1.807) is 36.4 Å². The van der Waals surface area contributed by atoms with Gasteiger partial charge in [-0.2, -0.15) is 0 Å². The Bertz CT molecular complexity index is 1070. The number of hydrogen-bond donors (Lipinski definition) is 1. The van der Waals surface area contributed by atoms with Crippen LogP contribution in [-0.4, -0.2) is 82.2 Å². The first-order valence-electron chi connectivity index (χ1n) is 10.6. The minimum absolute atomic E-state index is 0.0109. The molecule has 1 saturated heterocycles. The van der Waals surface area contributed by atoms with E-state index in [4.69, 9.17) is 18.9 Å². The van der Waals surface area contributed by atoms with E-state index in [-0.39, 0.29) is 17.9 Å². The lowest BCUT2D eigenvalue weighted by Crippen LogP contribution is -2.35. The second-order valence-corrected chi connectivity index (χ2v) is 7.98. The van der Waals surface area contributed by atoms with Crippen molar-refractivity contribution in [2.24, 2.45) is 0 Å². The summed E-state index contributed by atoms with van der Waals surface area (Å²) in [5.41, 5.74) is 0.926. The lowest BCUT2D eigenvalue weighted by molar-refractivity contribution is -0.140.